The quantitative estimate of drug-likeness (QED) is 0.412. The fourth-order valence-corrected chi connectivity index (χ4v) is 4.79. The lowest BCUT2D eigenvalue weighted by Crippen LogP contribution is -2.44. The minimum absolute atomic E-state index is 0.00415. The first-order valence-electron chi connectivity index (χ1n) is 12.0. The molecule has 8 heteroatoms. The van der Waals surface area contributed by atoms with E-state index in [0.717, 1.165) is 24.9 Å². The van der Waals surface area contributed by atoms with Crippen LogP contribution in [-0.2, 0) is 21.7 Å². The van der Waals surface area contributed by atoms with Crippen molar-refractivity contribution in [2.75, 3.05) is 30.5 Å². The molecule has 1 fully saturated rings. The number of anilines is 2. The molecule has 2 aromatic carbocycles. The van der Waals surface area contributed by atoms with Crippen molar-refractivity contribution in [2.24, 2.45) is 5.92 Å². The third-order valence-corrected chi connectivity index (χ3v) is 6.77. The van der Waals surface area contributed by atoms with Crippen molar-refractivity contribution < 1.29 is 24.5 Å². The highest BCUT2D eigenvalue weighted by Crippen LogP contribution is 2.47. The number of benzene rings is 2. The van der Waals surface area contributed by atoms with E-state index < -0.39 is 17.4 Å². The number of nitrogens with one attached hydrogen (secondary N) is 2. The van der Waals surface area contributed by atoms with E-state index in [1.807, 2.05) is 24.3 Å². The summed E-state index contributed by atoms with van der Waals surface area (Å²) >= 11 is 0. The van der Waals surface area contributed by atoms with Crippen molar-refractivity contribution in [1.82, 2.24) is 5.32 Å². The van der Waals surface area contributed by atoms with Crippen LogP contribution in [0.25, 0.3) is 0 Å². The molecule has 2 aromatic rings. The molecule has 0 unspecified atom stereocenters. The van der Waals surface area contributed by atoms with Gasteiger partial charge in [-0.05, 0) is 61.7 Å². The van der Waals surface area contributed by atoms with Crippen molar-refractivity contribution in [1.29, 1.82) is 0 Å². The number of carbonyl (C=O) groups is 2. The number of aliphatic hydroxyl groups excluding tert-OH is 1. The van der Waals surface area contributed by atoms with Crippen LogP contribution in [0.1, 0.15) is 37.3 Å². The van der Waals surface area contributed by atoms with E-state index in [-0.39, 0.29) is 25.1 Å². The smallest absolute Gasteiger partial charge is 0.264 e. The van der Waals surface area contributed by atoms with Crippen molar-refractivity contribution in [3.63, 3.8) is 0 Å². The van der Waals surface area contributed by atoms with E-state index in [2.05, 4.69) is 10.6 Å². The highest BCUT2D eigenvalue weighted by Gasteiger charge is 2.52. The number of hydrogen-bond acceptors (Lipinski definition) is 6. The van der Waals surface area contributed by atoms with Crippen LogP contribution in [0.15, 0.2) is 54.6 Å². The second-order valence-electron chi connectivity index (χ2n) is 9.11. The van der Waals surface area contributed by atoms with Crippen molar-refractivity contribution in [3.8, 4) is 5.75 Å². The Balaban J connectivity index is 1.61. The van der Waals surface area contributed by atoms with Gasteiger partial charge in [0.1, 0.15) is 5.75 Å². The van der Waals surface area contributed by atoms with Crippen molar-refractivity contribution in [3.05, 3.63) is 65.7 Å². The Bertz CT molecular complexity index is 1110. The van der Waals surface area contributed by atoms with Crippen LogP contribution in [0.3, 0.4) is 0 Å². The molecule has 186 valence electrons. The second-order valence-corrected chi connectivity index (χ2v) is 9.11. The fraction of sp³-hybridized carbons (Fsp3) is 0.407. The first kappa shape index (κ1) is 24.9. The molecule has 2 aliphatic rings. The predicted octanol–water partition coefficient (Wildman–Crippen LogP) is 2.69. The minimum atomic E-state index is -1.77. The Morgan fingerprint density at radius 2 is 2.17 bits per heavy atom. The number of aliphatic hydroxyl groups is 2. The molecular formula is C27H33N3O5. The highest BCUT2D eigenvalue weighted by molar-refractivity contribution is 6.07. The fourth-order valence-electron chi connectivity index (χ4n) is 4.79. The Morgan fingerprint density at radius 3 is 2.89 bits per heavy atom. The van der Waals surface area contributed by atoms with Gasteiger partial charge in [0.25, 0.3) is 5.91 Å². The van der Waals surface area contributed by atoms with Crippen molar-refractivity contribution >= 4 is 23.2 Å². The first-order chi connectivity index (χ1) is 16.9. The lowest BCUT2D eigenvalue weighted by Gasteiger charge is -2.28. The lowest BCUT2D eigenvalue weighted by atomic mass is 9.83. The van der Waals surface area contributed by atoms with Gasteiger partial charge >= 0.3 is 0 Å². The predicted molar refractivity (Wildman–Crippen MR) is 134 cm³/mol. The molecule has 4 N–H and O–H groups in total. The Kier molecular flexibility index (Phi) is 7.54. The summed E-state index contributed by atoms with van der Waals surface area (Å²) in [5, 5.41) is 27.0. The standard InChI is InChI=1S/C27H33N3O5/c1-18(7-3-4-14-31)27(34)22-16-21(35-2)11-12-24(22)30(26(27)33)17-19-8-5-9-20(15-19)29-25(32)23-10-6-13-28-23/h3,5,7-9,11-12,15-16,18,23,28,31,34H,4,6,10,13-14,17H2,1-2H3,(H,29,32)/b7-3+/t18-,23-,27+/m1/s1. The molecule has 1 saturated heterocycles. The van der Waals surface area contributed by atoms with E-state index in [0.29, 0.717) is 29.1 Å². The normalized spacial score (nSPS) is 22.5. The Labute approximate surface area is 205 Å². The molecule has 0 radical (unpaired) electrons. The number of hydrogen-bond donors (Lipinski definition) is 4. The van der Waals surface area contributed by atoms with Gasteiger partial charge in [-0.15, -0.1) is 0 Å². The number of nitrogens with zero attached hydrogens (tertiary/aromatic N) is 1. The Hall–Kier alpha value is -3.20. The van der Waals surface area contributed by atoms with Gasteiger partial charge in [-0.2, -0.15) is 0 Å². The van der Waals surface area contributed by atoms with Gasteiger partial charge in [-0.3, -0.25) is 9.59 Å². The van der Waals surface area contributed by atoms with Crippen LogP contribution < -0.4 is 20.3 Å². The van der Waals surface area contributed by atoms with Gasteiger partial charge in [-0.25, -0.2) is 0 Å². The number of amides is 2. The maximum atomic E-state index is 13.7. The highest BCUT2D eigenvalue weighted by atomic mass is 16.5. The molecule has 35 heavy (non-hydrogen) atoms. The molecule has 0 bridgehead atoms. The summed E-state index contributed by atoms with van der Waals surface area (Å²) in [5.74, 6) is -0.464. The molecule has 8 nitrogen and oxygen atoms in total. The molecule has 0 spiro atoms. The zero-order chi connectivity index (χ0) is 25.0. The van der Waals surface area contributed by atoms with Crippen LogP contribution >= 0.6 is 0 Å². The average Bonchev–Trinajstić information content (AvgIpc) is 3.47. The van der Waals surface area contributed by atoms with Gasteiger partial charge in [0, 0.05) is 23.8 Å². The summed E-state index contributed by atoms with van der Waals surface area (Å²) in [7, 11) is 1.54. The molecule has 0 saturated carbocycles. The topological polar surface area (TPSA) is 111 Å². The minimum Gasteiger partial charge on any atom is -0.497 e. The molecule has 2 amide bonds. The van der Waals surface area contributed by atoms with Gasteiger partial charge in [0.15, 0.2) is 5.60 Å². The summed E-state index contributed by atoms with van der Waals surface area (Å²) < 4.78 is 5.36. The zero-order valence-electron chi connectivity index (χ0n) is 20.2. The number of rotatable bonds is 9. The molecule has 3 atom stereocenters. The Morgan fingerprint density at radius 1 is 1.34 bits per heavy atom. The van der Waals surface area contributed by atoms with E-state index in [9.17, 15) is 14.7 Å². The third-order valence-electron chi connectivity index (χ3n) is 6.77. The lowest BCUT2D eigenvalue weighted by molar-refractivity contribution is -0.139. The monoisotopic (exact) mass is 479 g/mol. The molecular weight excluding hydrogens is 446 g/mol. The zero-order valence-corrected chi connectivity index (χ0v) is 20.2. The number of ether oxygens (including phenoxy) is 1. The van der Waals surface area contributed by atoms with E-state index in [1.165, 1.54) is 0 Å². The number of fused-ring (bicyclic) bond motifs is 1. The third kappa shape index (κ3) is 4.96. The van der Waals surface area contributed by atoms with Gasteiger partial charge in [-0.1, -0.05) is 31.2 Å². The number of methoxy groups -OCH3 is 1. The van der Waals surface area contributed by atoms with Gasteiger partial charge < -0.3 is 30.5 Å². The van der Waals surface area contributed by atoms with Gasteiger partial charge in [0.05, 0.1) is 25.4 Å². The maximum absolute atomic E-state index is 13.7. The van der Waals surface area contributed by atoms with Crippen LogP contribution in [-0.4, -0.2) is 48.3 Å². The molecule has 0 aromatic heterocycles. The largest absolute Gasteiger partial charge is 0.497 e. The summed E-state index contributed by atoms with van der Waals surface area (Å²) in [6.07, 6.45) is 5.77. The summed E-state index contributed by atoms with van der Waals surface area (Å²) in [6, 6.07) is 12.5. The first-order valence-corrected chi connectivity index (χ1v) is 12.0. The van der Waals surface area contributed by atoms with E-state index in [4.69, 9.17) is 9.84 Å². The number of carbonyl (C=O) groups excluding carboxylic acids is 2. The van der Waals surface area contributed by atoms with Crippen LogP contribution in [0.5, 0.6) is 5.75 Å². The van der Waals surface area contributed by atoms with E-state index >= 15 is 0 Å². The molecule has 4 rings (SSSR count). The summed E-state index contributed by atoms with van der Waals surface area (Å²) in [5.41, 5.74) is 0.823. The molecule has 2 aliphatic heterocycles. The molecule has 2 heterocycles. The van der Waals surface area contributed by atoms with Crippen LogP contribution in [0, 0.1) is 5.92 Å². The summed E-state index contributed by atoms with van der Waals surface area (Å²) in [4.78, 5) is 27.8. The average molecular weight is 480 g/mol. The van der Waals surface area contributed by atoms with Crippen molar-refractivity contribution in [2.45, 2.75) is 44.4 Å². The SMILES string of the molecule is COc1ccc2c(c1)[C@@](O)([C@H](C)/C=C/CCO)C(=O)N2Cc1cccc(NC(=O)[C@H]2CCCN2)c1. The molecule has 0 aliphatic carbocycles. The maximum Gasteiger partial charge on any atom is 0.264 e. The van der Waals surface area contributed by atoms with Crippen LogP contribution in [0.4, 0.5) is 11.4 Å². The second kappa shape index (κ2) is 10.6. The van der Waals surface area contributed by atoms with E-state index in [1.54, 1.807) is 49.3 Å². The van der Waals surface area contributed by atoms with Gasteiger partial charge in [0.2, 0.25) is 5.91 Å². The van der Waals surface area contributed by atoms with Crippen LogP contribution in [0.2, 0.25) is 0 Å². The summed E-state index contributed by atoms with van der Waals surface area (Å²) in [6.45, 7) is 2.86.